The van der Waals surface area contributed by atoms with Crippen molar-refractivity contribution >= 4 is 17.5 Å². The molecule has 4 rings (SSSR count). The summed E-state index contributed by atoms with van der Waals surface area (Å²) in [6, 6.07) is 26.1. The van der Waals surface area contributed by atoms with E-state index < -0.39 is 0 Å². The van der Waals surface area contributed by atoms with Crippen molar-refractivity contribution < 1.29 is 14.7 Å². The van der Waals surface area contributed by atoms with Crippen LogP contribution in [0.1, 0.15) is 36.9 Å². The van der Waals surface area contributed by atoms with E-state index in [1.54, 1.807) is 24.3 Å². The topological polar surface area (TPSA) is 81.7 Å². The number of benzene rings is 3. The third-order valence-electron chi connectivity index (χ3n) is 6.54. The Morgan fingerprint density at radius 3 is 1.94 bits per heavy atom. The molecule has 0 aromatic heterocycles. The van der Waals surface area contributed by atoms with Gasteiger partial charge in [-0.1, -0.05) is 72.8 Å². The zero-order valence-corrected chi connectivity index (χ0v) is 19.4. The molecule has 1 fully saturated rings. The van der Waals surface area contributed by atoms with Gasteiger partial charge >= 0.3 is 0 Å². The molecule has 1 atom stereocenters. The lowest BCUT2D eigenvalue weighted by molar-refractivity contribution is -0.127. The highest BCUT2D eigenvalue weighted by Crippen LogP contribution is 2.26. The number of piperidine rings is 1. The molecule has 3 aromatic carbocycles. The Kier molecular flexibility index (Phi) is 7.60. The monoisotopic (exact) mass is 457 g/mol. The third kappa shape index (κ3) is 5.64. The smallest absolute Gasteiger partial charge is 0.237 e. The van der Waals surface area contributed by atoms with Gasteiger partial charge in [0.25, 0.3) is 0 Å². The van der Waals surface area contributed by atoms with Gasteiger partial charge < -0.3 is 15.7 Å². The second kappa shape index (κ2) is 11.0. The van der Waals surface area contributed by atoms with Gasteiger partial charge in [-0.2, -0.15) is 0 Å². The second-order valence-corrected chi connectivity index (χ2v) is 8.76. The molecule has 1 aliphatic heterocycles. The molecule has 0 radical (unpaired) electrons. The summed E-state index contributed by atoms with van der Waals surface area (Å²) in [4.78, 5) is 28.0. The lowest BCUT2D eigenvalue weighted by atomic mass is 9.94. The van der Waals surface area contributed by atoms with Crippen molar-refractivity contribution in [3.8, 4) is 5.75 Å². The molecular weight excluding hydrogens is 426 g/mol. The molecular formula is C28H31N3O3. The van der Waals surface area contributed by atoms with Gasteiger partial charge in [0.05, 0.1) is 17.8 Å². The predicted octanol–water partition coefficient (Wildman–Crippen LogP) is 4.34. The molecule has 3 aromatic rings. The van der Waals surface area contributed by atoms with E-state index in [0.717, 1.165) is 11.1 Å². The Hall–Kier alpha value is -3.64. The van der Waals surface area contributed by atoms with Crippen molar-refractivity contribution in [3.05, 3.63) is 96.1 Å². The quantitative estimate of drug-likeness (QED) is 0.461. The van der Waals surface area contributed by atoms with E-state index >= 15 is 0 Å². The fourth-order valence-corrected chi connectivity index (χ4v) is 4.44. The number of amides is 2. The molecule has 176 valence electrons. The van der Waals surface area contributed by atoms with E-state index in [-0.39, 0.29) is 35.6 Å². The number of nitrogens with one attached hydrogen (secondary N) is 2. The molecule has 6 heteroatoms. The Labute approximate surface area is 200 Å². The van der Waals surface area contributed by atoms with Crippen molar-refractivity contribution in [2.24, 2.45) is 5.92 Å². The van der Waals surface area contributed by atoms with Crippen LogP contribution in [-0.4, -0.2) is 41.0 Å². The third-order valence-corrected chi connectivity index (χ3v) is 6.54. The largest absolute Gasteiger partial charge is 0.506 e. The van der Waals surface area contributed by atoms with Gasteiger partial charge in [-0.25, -0.2) is 0 Å². The molecule has 1 aliphatic rings. The number of anilines is 1. The lowest BCUT2D eigenvalue weighted by Crippen LogP contribution is -2.50. The number of hydrogen-bond donors (Lipinski definition) is 3. The summed E-state index contributed by atoms with van der Waals surface area (Å²) in [7, 11) is 0. The minimum absolute atomic E-state index is 0.0326. The van der Waals surface area contributed by atoms with Crippen LogP contribution in [0.4, 0.5) is 5.69 Å². The molecule has 0 aliphatic carbocycles. The maximum atomic E-state index is 13.2. The number of aromatic hydroxyl groups is 1. The van der Waals surface area contributed by atoms with Gasteiger partial charge in [-0.3, -0.25) is 14.5 Å². The zero-order chi connectivity index (χ0) is 23.9. The van der Waals surface area contributed by atoms with Gasteiger partial charge in [-0.15, -0.1) is 0 Å². The first-order valence-corrected chi connectivity index (χ1v) is 11.8. The highest BCUT2D eigenvalue weighted by atomic mass is 16.3. The Morgan fingerprint density at radius 1 is 0.853 bits per heavy atom. The Balaban J connectivity index is 1.36. The average molecular weight is 458 g/mol. The fourth-order valence-electron chi connectivity index (χ4n) is 4.44. The van der Waals surface area contributed by atoms with Crippen LogP contribution in [0.3, 0.4) is 0 Å². The number of likely N-dealkylation sites (tertiary alicyclic amines) is 1. The van der Waals surface area contributed by atoms with Crippen molar-refractivity contribution in [3.63, 3.8) is 0 Å². The highest BCUT2D eigenvalue weighted by molar-refractivity contribution is 5.94. The molecule has 1 unspecified atom stereocenters. The molecule has 3 N–H and O–H groups in total. The van der Waals surface area contributed by atoms with Gasteiger partial charge in [0, 0.05) is 5.92 Å². The van der Waals surface area contributed by atoms with Crippen LogP contribution in [0.15, 0.2) is 84.9 Å². The van der Waals surface area contributed by atoms with E-state index in [2.05, 4.69) is 15.5 Å². The molecule has 0 saturated carbocycles. The average Bonchev–Trinajstić information content (AvgIpc) is 2.89. The number of carbonyl (C=O) groups is 2. The maximum absolute atomic E-state index is 13.2. The first-order chi connectivity index (χ1) is 16.5. The Bertz CT molecular complexity index is 1060. The lowest BCUT2D eigenvalue weighted by Gasteiger charge is -2.35. The van der Waals surface area contributed by atoms with E-state index in [0.29, 0.717) is 31.6 Å². The van der Waals surface area contributed by atoms with Gasteiger partial charge in [0.1, 0.15) is 5.75 Å². The number of hydrogen-bond acceptors (Lipinski definition) is 4. The molecule has 6 nitrogen and oxygen atoms in total. The molecule has 2 amide bonds. The van der Waals surface area contributed by atoms with Crippen LogP contribution in [0.25, 0.3) is 0 Å². The summed E-state index contributed by atoms with van der Waals surface area (Å²) in [6.07, 6.45) is 1.33. The summed E-state index contributed by atoms with van der Waals surface area (Å²) in [5.74, 6) is -0.209. The number of carbonyl (C=O) groups excluding carboxylic acids is 2. The van der Waals surface area contributed by atoms with Crippen molar-refractivity contribution in [1.29, 1.82) is 0 Å². The molecule has 34 heavy (non-hydrogen) atoms. The SMILES string of the molecule is CC(C(=O)NC(c1ccccc1)c1ccccc1)N1CCC(C(=O)Nc2ccccc2O)CC1. The molecule has 0 bridgehead atoms. The van der Waals surface area contributed by atoms with E-state index in [4.69, 9.17) is 0 Å². The van der Waals surface area contributed by atoms with Gasteiger partial charge in [0.15, 0.2) is 0 Å². The van der Waals surface area contributed by atoms with Crippen molar-refractivity contribution in [2.45, 2.75) is 31.8 Å². The van der Waals surface area contributed by atoms with Crippen LogP contribution >= 0.6 is 0 Å². The van der Waals surface area contributed by atoms with Crippen LogP contribution in [0.2, 0.25) is 0 Å². The van der Waals surface area contributed by atoms with Crippen LogP contribution in [0.5, 0.6) is 5.75 Å². The molecule has 0 spiro atoms. The first kappa shape index (κ1) is 23.5. The van der Waals surface area contributed by atoms with Gasteiger partial charge in [0.2, 0.25) is 11.8 Å². The minimum atomic E-state index is -0.308. The van der Waals surface area contributed by atoms with Crippen LogP contribution < -0.4 is 10.6 Å². The predicted molar refractivity (Wildman–Crippen MR) is 133 cm³/mol. The normalized spacial score (nSPS) is 15.6. The summed E-state index contributed by atoms with van der Waals surface area (Å²) >= 11 is 0. The van der Waals surface area contributed by atoms with Crippen LogP contribution in [-0.2, 0) is 9.59 Å². The first-order valence-electron chi connectivity index (χ1n) is 11.8. The minimum Gasteiger partial charge on any atom is -0.506 e. The van der Waals surface area contributed by atoms with Crippen molar-refractivity contribution in [1.82, 2.24) is 10.2 Å². The van der Waals surface area contributed by atoms with E-state index in [1.165, 1.54) is 0 Å². The summed E-state index contributed by atoms with van der Waals surface area (Å²) in [6.45, 7) is 3.24. The Morgan fingerprint density at radius 2 is 1.38 bits per heavy atom. The van der Waals surface area contributed by atoms with Crippen LogP contribution in [0, 0.1) is 5.92 Å². The summed E-state index contributed by atoms with van der Waals surface area (Å²) in [5.41, 5.74) is 2.50. The zero-order valence-electron chi connectivity index (χ0n) is 19.4. The fraction of sp³-hybridized carbons (Fsp3) is 0.286. The number of nitrogens with zero attached hydrogens (tertiary/aromatic N) is 1. The maximum Gasteiger partial charge on any atom is 0.237 e. The summed E-state index contributed by atoms with van der Waals surface area (Å²) in [5, 5.41) is 16.0. The number of rotatable bonds is 7. The van der Waals surface area contributed by atoms with Crippen molar-refractivity contribution in [2.75, 3.05) is 18.4 Å². The molecule has 1 saturated heterocycles. The van der Waals surface area contributed by atoms with Gasteiger partial charge in [-0.05, 0) is 56.1 Å². The summed E-state index contributed by atoms with van der Waals surface area (Å²) < 4.78 is 0. The highest BCUT2D eigenvalue weighted by Gasteiger charge is 2.31. The van der Waals surface area contributed by atoms with E-state index in [1.807, 2.05) is 67.6 Å². The number of para-hydroxylation sites is 2. The second-order valence-electron chi connectivity index (χ2n) is 8.76. The number of phenols is 1. The number of phenolic OH excluding ortho intramolecular Hbond substituents is 1. The molecule has 1 heterocycles. The standard InChI is InChI=1S/C28H31N3O3/c1-20(27(33)30-26(21-10-4-2-5-11-21)22-12-6-3-7-13-22)31-18-16-23(17-19-31)28(34)29-24-14-8-9-15-25(24)32/h2-15,20,23,26,32H,16-19H2,1H3,(H,29,34)(H,30,33). The van der Waals surface area contributed by atoms with E-state index in [9.17, 15) is 14.7 Å².